The van der Waals surface area contributed by atoms with E-state index in [1.54, 1.807) is 12.1 Å². The van der Waals surface area contributed by atoms with Gasteiger partial charge in [-0.3, -0.25) is 20.2 Å². The van der Waals surface area contributed by atoms with Crippen LogP contribution in [0.2, 0.25) is 0 Å². The van der Waals surface area contributed by atoms with Crippen LogP contribution in [-0.2, 0) is 16.0 Å². The Morgan fingerprint density at radius 3 is 2.38 bits per heavy atom. The van der Waals surface area contributed by atoms with Crippen LogP contribution in [0.3, 0.4) is 0 Å². The van der Waals surface area contributed by atoms with Crippen molar-refractivity contribution in [2.75, 3.05) is 19.8 Å². The van der Waals surface area contributed by atoms with E-state index in [4.69, 9.17) is 14.2 Å². The van der Waals surface area contributed by atoms with E-state index in [-0.39, 0.29) is 36.7 Å². The molecule has 0 radical (unpaired) electrons. The molecule has 170 valence electrons. The Labute approximate surface area is 188 Å². The topological polar surface area (TPSA) is 98.3 Å². The number of hydrogen-bond donors (Lipinski definition) is 2. The molecule has 2 N–H and O–H groups in total. The Balaban J connectivity index is 1.68. The summed E-state index contributed by atoms with van der Waals surface area (Å²) in [5.41, 5.74) is 1.64. The van der Waals surface area contributed by atoms with Gasteiger partial charge in [-0.2, -0.15) is 0 Å². The smallest absolute Gasteiger partial charge is 0.231 e. The molecule has 0 aromatic heterocycles. The van der Waals surface area contributed by atoms with Gasteiger partial charge in [0.1, 0.15) is 5.75 Å². The summed E-state index contributed by atoms with van der Waals surface area (Å²) in [6.07, 6.45) is 0.319. The zero-order valence-corrected chi connectivity index (χ0v) is 18.6. The summed E-state index contributed by atoms with van der Waals surface area (Å²) in [5.74, 6) is 1.66. The standard InChI is InChI=1S/C24H29N3O5/c1-4-30-18-10-8-17(9-11-18)19-15-23(29)27-24(25-19)26-22(28)14-16-7-12-20(31-5-2)21(13-16)32-6-3/h7-13,19H,4-6,14-15H2,1-3H3,(H2,25,26,27,28,29). The van der Waals surface area contributed by atoms with E-state index >= 15 is 0 Å². The van der Waals surface area contributed by atoms with Crippen molar-refractivity contribution in [1.82, 2.24) is 10.6 Å². The molecule has 0 saturated heterocycles. The summed E-state index contributed by atoms with van der Waals surface area (Å²) in [4.78, 5) is 29.3. The van der Waals surface area contributed by atoms with Crippen LogP contribution in [0.5, 0.6) is 17.2 Å². The Hall–Kier alpha value is -3.55. The van der Waals surface area contributed by atoms with Crippen LogP contribution in [0.25, 0.3) is 0 Å². The van der Waals surface area contributed by atoms with E-state index in [1.165, 1.54) is 0 Å². The molecular formula is C24H29N3O5. The van der Waals surface area contributed by atoms with Crippen molar-refractivity contribution in [3.05, 3.63) is 53.6 Å². The second-order valence-electron chi connectivity index (χ2n) is 7.12. The molecule has 1 aliphatic heterocycles. The zero-order chi connectivity index (χ0) is 22.9. The normalized spacial score (nSPS) is 15.4. The molecule has 3 rings (SSSR count). The summed E-state index contributed by atoms with van der Waals surface area (Å²) in [6.45, 7) is 7.31. The van der Waals surface area contributed by atoms with Crippen LogP contribution in [0, 0.1) is 0 Å². The van der Waals surface area contributed by atoms with Crippen molar-refractivity contribution in [1.29, 1.82) is 0 Å². The Morgan fingerprint density at radius 2 is 1.69 bits per heavy atom. The van der Waals surface area contributed by atoms with Crippen LogP contribution in [0.15, 0.2) is 47.5 Å². The minimum Gasteiger partial charge on any atom is -0.494 e. The van der Waals surface area contributed by atoms with Gasteiger partial charge in [-0.05, 0) is 56.2 Å². The summed E-state index contributed by atoms with van der Waals surface area (Å²) in [6, 6.07) is 12.5. The molecule has 0 spiro atoms. The molecule has 1 unspecified atom stereocenters. The van der Waals surface area contributed by atoms with Crippen molar-refractivity contribution in [2.45, 2.75) is 39.7 Å². The van der Waals surface area contributed by atoms with Gasteiger partial charge in [0.15, 0.2) is 11.5 Å². The van der Waals surface area contributed by atoms with Crippen LogP contribution in [-0.4, -0.2) is 37.6 Å². The maximum absolute atomic E-state index is 12.6. The molecule has 2 aromatic carbocycles. The number of aliphatic imine (C=N–C) groups is 1. The van der Waals surface area contributed by atoms with Gasteiger partial charge in [0.2, 0.25) is 17.8 Å². The van der Waals surface area contributed by atoms with Crippen molar-refractivity contribution in [3.63, 3.8) is 0 Å². The largest absolute Gasteiger partial charge is 0.494 e. The molecule has 0 aliphatic carbocycles. The van der Waals surface area contributed by atoms with E-state index in [2.05, 4.69) is 15.6 Å². The molecule has 0 bridgehead atoms. The monoisotopic (exact) mass is 439 g/mol. The van der Waals surface area contributed by atoms with E-state index < -0.39 is 0 Å². The molecule has 2 amide bonds. The van der Waals surface area contributed by atoms with Gasteiger partial charge in [0, 0.05) is 0 Å². The minimum absolute atomic E-state index is 0.106. The third-order valence-electron chi connectivity index (χ3n) is 4.73. The molecule has 0 saturated carbocycles. The fourth-order valence-electron chi connectivity index (χ4n) is 3.37. The lowest BCUT2D eigenvalue weighted by Crippen LogP contribution is -2.47. The minimum atomic E-state index is -0.371. The highest BCUT2D eigenvalue weighted by molar-refractivity contribution is 6.06. The van der Waals surface area contributed by atoms with Crippen LogP contribution in [0.1, 0.15) is 44.4 Å². The number of guanidine groups is 1. The number of nitrogens with one attached hydrogen (secondary N) is 2. The Bertz CT molecular complexity index is 972. The van der Waals surface area contributed by atoms with Gasteiger partial charge in [-0.25, -0.2) is 4.99 Å². The molecular weight excluding hydrogens is 410 g/mol. The first-order valence-corrected chi connectivity index (χ1v) is 10.8. The Kier molecular flexibility index (Phi) is 8.08. The first kappa shape index (κ1) is 23.1. The third kappa shape index (κ3) is 6.23. The first-order chi connectivity index (χ1) is 15.5. The average Bonchev–Trinajstić information content (AvgIpc) is 2.76. The molecule has 0 fully saturated rings. The van der Waals surface area contributed by atoms with Crippen LogP contribution < -0.4 is 24.8 Å². The SMILES string of the molecule is CCOc1ccc(C2CC(=O)NC(NC(=O)Cc3ccc(OCC)c(OCC)c3)=N2)cc1. The second-order valence-corrected chi connectivity index (χ2v) is 7.12. The Morgan fingerprint density at radius 1 is 1.00 bits per heavy atom. The highest BCUT2D eigenvalue weighted by Gasteiger charge is 2.23. The predicted octanol–water partition coefficient (Wildman–Crippen LogP) is 3.16. The maximum atomic E-state index is 12.6. The van der Waals surface area contributed by atoms with Gasteiger partial charge in [-0.1, -0.05) is 18.2 Å². The fraction of sp³-hybridized carbons (Fsp3) is 0.375. The van der Waals surface area contributed by atoms with Crippen LogP contribution >= 0.6 is 0 Å². The van der Waals surface area contributed by atoms with Crippen molar-refractivity contribution in [2.24, 2.45) is 4.99 Å². The molecule has 32 heavy (non-hydrogen) atoms. The van der Waals surface area contributed by atoms with Crippen molar-refractivity contribution in [3.8, 4) is 17.2 Å². The lowest BCUT2D eigenvalue weighted by molar-refractivity contribution is -0.120. The predicted molar refractivity (Wildman–Crippen MR) is 121 cm³/mol. The molecule has 8 heteroatoms. The number of carbonyl (C=O) groups is 2. The zero-order valence-electron chi connectivity index (χ0n) is 18.6. The summed E-state index contributed by atoms with van der Waals surface area (Å²) < 4.78 is 16.6. The number of ether oxygens (including phenoxy) is 3. The van der Waals surface area contributed by atoms with E-state index in [9.17, 15) is 9.59 Å². The fourth-order valence-corrected chi connectivity index (χ4v) is 3.37. The number of hydrogen-bond acceptors (Lipinski definition) is 6. The van der Waals surface area contributed by atoms with Gasteiger partial charge in [0.25, 0.3) is 0 Å². The van der Waals surface area contributed by atoms with Crippen molar-refractivity contribution < 1.29 is 23.8 Å². The highest BCUT2D eigenvalue weighted by Crippen LogP contribution is 2.29. The number of benzene rings is 2. The lowest BCUT2D eigenvalue weighted by Gasteiger charge is -2.21. The lowest BCUT2D eigenvalue weighted by atomic mass is 10.0. The molecule has 2 aromatic rings. The summed E-state index contributed by atoms with van der Waals surface area (Å²) >= 11 is 0. The van der Waals surface area contributed by atoms with Gasteiger partial charge in [-0.15, -0.1) is 0 Å². The van der Waals surface area contributed by atoms with E-state index in [0.29, 0.717) is 31.3 Å². The van der Waals surface area contributed by atoms with Gasteiger partial charge in [0.05, 0.1) is 38.7 Å². The number of carbonyl (C=O) groups excluding carboxylic acids is 2. The molecule has 1 atom stereocenters. The van der Waals surface area contributed by atoms with Gasteiger partial charge >= 0.3 is 0 Å². The van der Waals surface area contributed by atoms with E-state index in [0.717, 1.165) is 16.9 Å². The van der Waals surface area contributed by atoms with Crippen LogP contribution in [0.4, 0.5) is 0 Å². The number of rotatable bonds is 9. The third-order valence-corrected chi connectivity index (χ3v) is 4.73. The maximum Gasteiger partial charge on any atom is 0.231 e. The van der Waals surface area contributed by atoms with Gasteiger partial charge < -0.3 is 14.2 Å². The quantitative estimate of drug-likeness (QED) is 0.625. The summed E-state index contributed by atoms with van der Waals surface area (Å²) in [5, 5.41) is 5.33. The highest BCUT2D eigenvalue weighted by atomic mass is 16.5. The second kappa shape index (κ2) is 11.2. The molecule has 8 nitrogen and oxygen atoms in total. The number of amides is 2. The average molecular weight is 440 g/mol. The summed E-state index contributed by atoms with van der Waals surface area (Å²) in [7, 11) is 0. The first-order valence-electron chi connectivity index (χ1n) is 10.8. The molecule has 1 heterocycles. The van der Waals surface area contributed by atoms with Crippen molar-refractivity contribution >= 4 is 17.8 Å². The van der Waals surface area contributed by atoms with E-state index in [1.807, 2.05) is 51.1 Å². The molecule has 1 aliphatic rings. The number of nitrogens with zero attached hydrogens (tertiary/aromatic N) is 1.